The second kappa shape index (κ2) is 6.63. The van der Waals surface area contributed by atoms with Crippen LogP contribution in [0.2, 0.25) is 0 Å². The lowest BCUT2D eigenvalue weighted by Gasteiger charge is -2.26. The van der Waals surface area contributed by atoms with Crippen LogP contribution in [0.5, 0.6) is 0 Å². The highest BCUT2D eigenvalue weighted by Gasteiger charge is 2.26. The minimum Gasteiger partial charge on any atom is -0.399 e. The number of sulfonamides is 1. The summed E-state index contributed by atoms with van der Waals surface area (Å²) in [6.45, 7) is 3.81. The molecule has 0 heterocycles. The molecule has 1 aromatic rings. The van der Waals surface area contributed by atoms with Crippen LogP contribution < -0.4 is 5.73 Å². The average molecular weight is 302 g/mol. The summed E-state index contributed by atoms with van der Waals surface area (Å²) in [7, 11) is -1.80. The maximum absolute atomic E-state index is 12.5. The molecule has 108 valence electrons. The number of nitrogens with two attached hydrogens (primary N) is 1. The summed E-state index contributed by atoms with van der Waals surface area (Å²) in [6, 6.07) is 4.86. The van der Waals surface area contributed by atoms with E-state index in [-0.39, 0.29) is 6.04 Å². The Labute approximate surface area is 120 Å². The van der Waals surface area contributed by atoms with Crippen LogP contribution in [0.3, 0.4) is 0 Å². The molecular weight excluding hydrogens is 280 g/mol. The van der Waals surface area contributed by atoms with Crippen molar-refractivity contribution in [3.63, 3.8) is 0 Å². The molecule has 0 aliphatic carbocycles. The fourth-order valence-electron chi connectivity index (χ4n) is 1.84. The fraction of sp³-hybridized carbons (Fsp3) is 0.538. The number of nitrogens with zero attached hydrogens (tertiary/aromatic N) is 1. The lowest BCUT2D eigenvalue weighted by atomic mass is 10.2. The smallest absolute Gasteiger partial charge is 0.243 e. The average Bonchev–Trinajstić information content (AvgIpc) is 2.38. The standard InChI is InChI=1S/C13H22N2O2S2/c1-5-11(9-18-4)15(3)19(16,17)12-6-7-13(14)10(2)8-12/h6-8,11H,5,9,14H2,1-4H3. The van der Waals surface area contributed by atoms with Crippen molar-refractivity contribution >= 4 is 27.5 Å². The van der Waals surface area contributed by atoms with E-state index in [1.165, 1.54) is 4.31 Å². The van der Waals surface area contributed by atoms with E-state index >= 15 is 0 Å². The van der Waals surface area contributed by atoms with Gasteiger partial charge in [-0.3, -0.25) is 0 Å². The molecule has 6 heteroatoms. The molecule has 0 aromatic heterocycles. The SMILES string of the molecule is CCC(CSC)N(C)S(=O)(=O)c1ccc(N)c(C)c1. The highest BCUT2D eigenvalue weighted by molar-refractivity contribution is 7.98. The summed E-state index contributed by atoms with van der Waals surface area (Å²) < 4.78 is 26.6. The van der Waals surface area contributed by atoms with Gasteiger partial charge in [-0.1, -0.05) is 6.92 Å². The van der Waals surface area contributed by atoms with Gasteiger partial charge >= 0.3 is 0 Å². The first-order valence-corrected chi connectivity index (χ1v) is 9.01. The quantitative estimate of drug-likeness (QED) is 0.819. The Morgan fingerprint density at radius 3 is 2.53 bits per heavy atom. The van der Waals surface area contributed by atoms with Crippen molar-refractivity contribution < 1.29 is 8.42 Å². The molecule has 0 spiro atoms. The zero-order valence-electron chi connectivity index (χ0n) is 11.9. The molecule has 0 bridgehead atoms. The van der Waals surface area contributed by atoms with E-state index in [1.807, 2.05) is 20.1 Å². The maximum atomic E-state index is 12.5. The van der Waals surface area contributed by atoms with Crippen LogP contribution in [0, 0.1) is 6.92 Å². The number of rotatable bonds is 6. The van der Waals surface area contributed by atoms with E-state index in [9.17, 15) is 8.42 Å². The molecule has 0 fully saturated rings. The van der Waals surface area contributed by atoms with Gasteiger partial charge < -0.3 is 5.73 Å². The Bertz CT molecular complexity index is 529. The Balaban J connectivity index is 3.11. The van der Waals surface area contributed by atoms with Crippen LogP contribution in [0.4, 0.5) is 5.69 Å². The molecule has 0 radical (unpaired) electrons. The molecular formula is C13H22N2O2S2. The third-order valence-corrected chi connectivity index (χ3v) is 5.89. The first-order valence-electron chi connectivity index (χ1n) is 6.17. The third kappa shape index (κ3) is 3.64. The zero-order valence-corrected chi connectivity index (χ0v) is 13.5. The van der Waals surface area contributed by atoms with Gasteiger partial charge in [-0.25, -0.2) is 8.42 Å². The normalized spacial score (nSPS) is 13.7. The second-order valence-electron chi connectivity index (χ2n) is 4.56. The number of aryl methyl sites for hydroxylation is 1. The summed E-state index contributed by atoms with van der Waals surface area (Å²) >= 11 is 1.65. The second-order valence-corrected chi connectivity index (χ2v) is 7.47. The summed E-state index contributed by atoms with van der Waals surface area (Å²) in [6.07, 6.45) is 2.78. The van der Waals surface area contributed by atoms with Gasteiger partial charge in [0.15, 0.2) is 0 Å². The molecule has 1 unspecified atom stereocenters. The Kier molecular flexibility index (Phi) is 5.70. The van der Waals surface area contributed by atoms with Crippen molar-refractivity contribution in [2.45, 2.75) is 31.2 Å². The van der Waals surface area contributed by atoms with Gasteiger partial charge in [0.2, 0.25) is 10.0 Å². The fourth-order valence-corrected chi connectivity index (χ4v) is 4.30. The summed E-state index contributed by atoms with van der Waals surface area (Å²) in [5, 5.41) is 0. The van der Waals surface area contributed by atoms with Gasteiger partial charge in [-0.05, 0) is 43.4 Å². The Hall–Kier alpha value is -0.720. The van der Waals surface area contributed by atoms with E-state index in [4.69, 9.17) is 5.73 Å². The van der Waals surface area contributed by atoms with E-state index in [1.54, 1.807) is 37.0 Å². The molecule has 0 aliphatic heterocycles. The van der Waals surface area contributed by atoms with Crippen LogP contribution in [-0.4, -0.2) is 37.8 Å². The van der Waals surface area contributed by atoms with Gasteiger partial charge in [0.05, 0.1) is 4.90 Å². The molecule has 4 nitrogen and oxygen atoms in total. The van der Waals surface area contributed by atoms with Crippen LogP contribution in [0.15, 0.2) is 23.1 Å². The summed E-state index contributed by atoms with van der Waals surface area (Å²) in [5.74, 6) is 0.792. The number of nitrogen functional groups attached to an aromatic ring is 1. The third-order valence-electron chi connectivity index (χ3n) is 3.26. The zero-order chi connectivity index (χ0) is 14.6. The van der Waals surface area contributed by atoms with Crippen molar-refractivity contribution in [1.29, 1.82) is 0 Å². The highest BCUT2D eigenvalue weighted by Crippen LogP contribution is 2.22. The van der Waals surface area contributed by atoms with Crippen LogP contribution in [-0.2, 0) is 10.0 Å². The number of hydrogen-bond acceptors (Lipinski definition) is 4. The first-order chi connectivity index (χ1) is 8.84. The number of hydrogen-bond donors (Lipinski definition) is 1. The molecule has 0 saturated heterocycles. The first kappa shape index (κ1) is 16.3. The van der Waals surface area contributed by atoms with Crippen molar-refractivity contribution in [2.75, 3.05) is 24.8 Å². The predicted molar refractivity (Wildman–Crippen MR) is 83.0 cm³/mol. The summed E-state index contributed by atoms with van der Waals surface area (Å²) in [5.41, 5.74) is 7.12. The van der Waals surface area contributed by atoms with Gasteiger partial charge in [-0.2, -0.15) is 16.1 Å². The van der Waals surface area contributed by atoms with Crippen LogP contribution >= 0.6 is 11.8 Å². The molecule has 19 heavy (non-hydrogen) atoms. The van der Waals surface area contributed by atoms with Gasteiger partial charge in [0.25, 0.3) is 0 Å². The number of anilines is 1. The van der Waals surface area contributed by atoms with Crippen molar-refractivity contribution in [3.05, 3.63) is 23.8 Å². The summed E-state index contributed by atoms with van der Waals surface area (Å²) in [4.78, 5) is 0.307. The number of thioether (sulfide) groups is 1. The predicted octanol–water partition coefficient (Wildman–Crippen LogP) is 2.34. The minimum absolute atomic E-state index is 0.0119. The van der Waals surface area contributed by atoms with Crippen molar-refractivity contribution in [2.24, 2.45) is 0 Å². The molecule has 2 N–H and O–H groups in total. The van der Waals surface area contributed by atoms with Gasteiger partial charge in [0, 0.05) is 24.5 Å². The van der Waals surface area contributed by atoms with Gasteiger partial charge in [-0.15, -0.1) is 0 Å². The molecule has 0 amide bonds. The largest absolute Gasteiger partial charge is 0.399 e. The lowest BCUT2D eigenvalue weighted by molar-refractivity contribution is 0.385. The topological polar surface area (TPSA) is 63.4 Å². The monoisotopic (exact) mass is 302 g/mol. The lowest BCUT2D eigenvalue weighted by Crippen LogP contribution is -2.38. The van der Waals surface area contributed by atoms with E-state index in [0.29, 0.717) is 10.6 Å². The molecule has 1 aromatic carbocycles. The maximum Gasteiger partial charge on any atom is 0.243 e. The molecule has 0 aliphatic rings. The van der Waals surface area contributed by atoms with E-state index in [2.05, 4.69) is 0 Å². The van der Waals surface area contributed by atoms with E-state index < -0.39 is 10.0 Å². The van der Waals surface area contributed by atoms with Gasteiger partial charge in [0.1, 0.15) is 0 Å². The number of benzene rings is 1. The Morgan fingerprint density at radius 1 is 1.42 bits per heavy atom. The van der Waals surface area contributed by atoms with Crippen LogP contribution in [0.1, 0.15) is 18.9 Å². The van der Waals surface area contributed by atoms with E-state index in [0.717, 1.165) is 17.7 Å². The van der Waals surface area contributed by atoms with Crippen LogP contribution in [0.25, 0.3) is 0 Å². The highest BCUT2D eigenvalue weighted by atomic mass is 32.2. The molecule has 0 saturated carbocycles. The minimum atomic E-state index is -3.45. The van der Waals surface area contributed by atoms with Crippen molar-refractivity contribution in [3.8, 4) is 0 Å². The van der Waals surface area contributed by atoms with Crippen molar-refractivity contribution in [1.82, 2.24) is 4.31 Å². The molecule has 1 rings (SSSR count). The molecule has 1 atom stereocenters. The Morgan fingerprint density at radius 2 is 2.05 bits per heavy atom.